The molecule has 8 heteroatoms. The average Bonchev–Trinajstić information content (AvgIpc) is 2.71. The molecule has 0 unspecified atom stereocenters. The first-order chi connectivity index (χ1) is 8.84. The molecule has 0 fully saturated rings. The third-order valence-electron chi connectivity index (χ3n) is 2.16. The molecule has 0 saturated carbocycles. The van der Waals surface area contributed by atoms with Crippen LogP contribution in [0.1, 0.15) is 12.7 Å². The zero-order valence-electron chi connectivity index (χ0n) is 11.0. The fraction of sp³-hybridized carbons (Fsp3) is 0.545. The number of nitrogens with zero attached hydrogens (tertiary/aromatic N) is 1. The lowest BCUT2D eigenvalue weighted by Crippen LogP contribution is -2.46. The number of methoxy groups -OCH3 is 1. The Morgan fingerprint density at radius 3 is 2.74 bits per heavy atom. The molecule has 0 spiro atoms. The molecule has 0 aromatic carbocycles. The molecule has 19 heavy (non-hydrogen) atoms. The Hall–Kier alpha value is -1.93. The molecule has 8 nitrogen and oxygen atoms in total. The third-order valence-corrected chi connectivity index (χ3v) is 2.16. The van der Waals surface area contributed by atoms with Gasteiger partial charge in [-0.3, -0.25) is 14.9 Å². The maximum atomic E-state index is 11.5. The van der Waals surface area contributed by atoms with Crippen LogP contribution >= 0.6 is 0 Å². The molecule has 0 aliphatic heterocycles. The standard InChI is InChI=1S/C11H17N3O5/c1-7-4-8(14-19-7)13-10(16)9(15)12-5-11(2,17)6-18-3/h4,17H,5-6H2,1-3H3,(H,12,15)(H,13,14,16)/t11-/m0/s1. The van der Waals surface area contributed by atoms with E-state index in [1.165, 1.54) is 20.1 Å². The van der Waals surface area contributed by atoms with Gasteiger partial charge in [0.05, 0.1) is 6.61 Å². The highest BCUT2D eigenvalue weighted by Crippen LogP contribution is 2.06. The molecule has 0 bridgehead atoms. The largest absolute Gasteiger partial charge is 0.386 e. The zero-order valence-corrected chi connectivity index (χ0v) is 11.0. The maximum absolute atomic E-state index is 11.5. The topological polar surface area (TPSA) is 114 Å². The van der Waals surface area contributed by atoms with Crippen molar-refractivity contribution in [3.05, 3.63) is 11.8 Å². The van der Waals surface area contributed by atoms with Gasteiger partial charge in [-0.2, -0.15) is 0 Å². The summed E-state index contributed by atoms with van der Waals surface area (Å²) in [5, 5.41) is 17.8. The number of aryl methyl sites for hydroxylation is 1. The number of nitrogens with one attached hydrogen (secondary N) is 2. The number of hydrogen-bond acceptors (Lipinski definition) is 6. The van der Waals surface area contributed by atoms with Gasteiger partial charge in [-0.15, -0.1) is 0 Å². The molecule has 0 aliphatic rings. The SMILES string of the molecule is COC[C@@](C)(O)CNC(=O)C(=O)Nc1cc(C)on1. The van der Waals surface area contributed by atoms with Crippen molar-refractivity contribution in [1.29, 1.82) is 0 Å². The van der Waals surface area contributed by atoms with Crippen LogP contribution in [0.5, 0.6) is 0 Å². The van der Waals surface area contributed by atoms with Crippen LogP contribution in [0, 0.1) is 6.92 Å². The van der Waals surface area contributed by atoms with Gasteiger partial charge < -0.3 is 19.7 Å². The highest BCUT2D eigenvalue weighted by atomic mass is 16.5. The van der Waals surface area contributed by atoms with Crippen molar-refractivity contribution in [1.82, 2.24) is 10.5 Å². The summed E-state index contributed by atoms with van der Waals surface area (Å²) in [6.45, 7) is 3.07. The van der Waals surface area contributed by atoms with E-state index in [4.69, 9.17) is 9.26 Å². The van der Waals surface area contributed by atoms with Crippen LogP contribution in [0.25, 0.3) is 0 Å². The molecular formula is C11H17N3O5. The molecular weight excluding hydrogens is 254 g/mol. The highest BCUT2D eigenvalue weighted by molar-refractivity contribution is 6.39. The van der Waals surface area contributed by atoms with Crippen molar-refractivity contribution in [2.45, 2.75) is 19.4 Å². The van der Waals surface area contributed by atoms with Crippen LogP contribution in [0.4, 0.5) is 5.82 Å². The van der Waals surface area contributed by atoms with Gasteiger partial charge in [-0.25, -0.2) is 0 Å². The minimum atomic E-state index is -1.24. The van der Waals surface area contributed by atoms with Gasteiger partial charge in [0.2, 0.25) is 0 Å². The Morgan fingerprint density at radius 1 is 1.53 bits per heavy atom. The normalized spacial score (nSPS) is 13.7. The molecule has 0 radical (unpaired) electrons. The summed E-state index contributed by atoms with van der Waals surface area (Å²) in [7, 11) is 1.43. The maximum Gasteiger partial charge on any atom is 0.314 e. The number of rotatable bonds is 5. The summed E-state index contributed by atoms with van der Waals surface area (Å²) in [5.74, 6) is -1.10. The number of carbonyl (C=O) groups is 2. The summed E-state index contributed by atoms with van der Waals surface area (Å²) in [5.41, 5.74) is -1.24. The molecule has 2 amide bonds. The predicted molar refractivity (Wildman–Crippen MR) is 65.4 cm³/mol. The highest BCUT2D eigenvalue weighted by Gasteiger charge is 2.23. The summed E-state index contributed by atoms with van der Waals surface area (Å²) < 4.78 is 9.51. The van der Waals surface area contributed by atoms with Crippen molar-refractivity contribution < 1.29 is 24.0 Å². The van der Waals surface area contributed by atoms with Gasteiger partial charge >= 0.3 is 11.8 Å². The summed E-state index contributed by atoms with van der Waals surface area (Å²) in [6.07, 6.45) is 0. The van der Waals surface area contributed by atoms with Crippen LogP contribution in [-0.4, -0.2) is 47.9 Å². The van der Waals surface area contributed by atoms with Gasteiger partial charge in [0.1, 0.15) is 11.4 Å². The first-order valence-electron chi connectivity index (χ1n) is 5.58. The monoisotopic (exact) mass is 271 g/mol. The van der Waals surface area contributed by atoms with Crippen molar-refractivity contribution in [2.24, 2.45) is 0 Å². The van der Waals surface area contributed by atoms with E-state index in [0.29, 0.717) is 5.76 Å². The van der Waals surface area contributed by atoms with Gasteiger partial charge in [0.15, 0.2) is 5.82 Å². The van der Waals surface area contributed by atoms with Crippen molar-refractivity contribution in [3.8, 4) is 0 Å². The second kappa shape index (κ2) is 6.30. The fourth-order valence-electron chi connectivity index (χ4n) is 1.31. The predicted octanol–water partition coefficient (Wildman–Crippen LogP) is -0.565. The molecule has 106 valence electrons. The number of amides is 2. The first-order valence-corrected chi connectivity index (χ1v) is 5.58. The average molecular weight is 271 g/mol. The lowest BCUT2D eigenvalue weighted by molar-refractivity contribution is -0.137. The second-order valence-corrected chi connectivity index (χ2v) is 4.39. The zero-order chi connectivity index (χ0) is 14.5. The van der Waals surface area contributed by atoms with Crippen LogP contribution in [-0.2, 0) is 14.3 Å². The minimum absolute atomic E-state index is 0.0391. The number of hydrogen-bond donors (Lipinski definition) is 3. The first kappa shape index (κ1) is 15.1. The van der Waals surface area contributed by atoms with E-state index in [9.17, 15) is 14.7 Å². The molecule has 0 saturated heterocycles. The molecule has 3 N–H and O–H groups in total. The van der Waals surface area contributed by atoms with Crippen molar-refractivity contribution in [2.75, 3.05) is 25.6 Å². The fourth-order valence-corrected chi connectivity index (χ4v) is 1.31. The lowest BCUT2D eigenvalue weighted by Gasteiger charge is -2.22. The quantitative estimate of drug-likeness (QED) is 0.618. The van der Waals surface area contributed by atoms with Gasteiger partial charge in [-0.05, 0) is 13.8 Å². The van der Waals surface area contributed by atoms with Crippen LogP contribution < -0.4 is 10.6 Å². The van der Waals surface area contributed by atoms with E-state index < -0.39 is 17.4 Å². The lowest BCUT2D eigenvalue weighted by atomic mass is 10.1. The Labute approximate surface area is 110 Å². The van der Waals surface area contributed by atoms with Gasteiger partial charge in [-0.1, -0.05) is 5.16 Å². The third kappa shape index (κ3) is 5.06. The Morgan fingerprint density at radius 2 is 2.21 bits per heavy atom. The number of anilines is 1. The summed E-state index contributed by atoms with van der Waals surface area (Å²) in [6, 6.07) is 1.48. The van der Waals surface area contributed by atoms with Crippen LogP contribution in [0.3, 0.4) is 0 Å². The number of carbonyl (C=O) groups excluding carboxylic acids is 2. The number of aliphatic hydroxyl groups is 1. The smallest absolute Gasteiger partial charge is 0.314 e. The van der Waals surface area contributed by atoms with E-state index in [1.54, 1.807) is 6.92 Å². The van der Waals surface area contributed by atoms with E-state index >= 15 is 0 Å². The van der Waals surface area contributed by atoms with Crippen molar-refractivity contribution >= 4 is 17.6 Å². The number of aromatic nitrogens is 1. The van der Waals surface area contributed by atoms with Crippen LogP contribution in [0.2, 0.25) is 0 Å². The molecule has 1 rings (SSSR count). The summed E-state index contributed by atoms with van der Waals surface area (Å²) in [4.78, 5) is 23.0. The Balaban J connectivity index is 2.43. The minimum Gasteiger partial charge on any atom is -0.386 e. The van der Waals surface area contributed by atoms with Gasteiger partial charge in [0, 0.05) is 19.7 Å². The molecule has 1 aromatic heterocycles. The van der Waals surface area contributed by atoms with Gasteiger partial charge in [0.25, 0.3) is 0 Å². The Bertz CT molecular complexity index is 455. The molecule has 0 aliphatic carbocycles. The van der Waals surface area contributed by atoms with E-state index in [1.807, 2.05) is 0 Å². The van der Waals surface area contributed by atoms with E-state index in [-0.39, 0.29) is 19.0 Å². The molecule has 1 heterocycles. The molecule has 1 atom stereocenters. The van der Waals surface area contributed by atoms with E-state index in [2.05, 4.69) is 15.8 Å². The number of ether oxygens (including phenoxy) is 1. The van der Waals surface area contributed by atoms with Crippen molar-refractivity contribution in [3.63, 3.8) is 0 Å². The second-order valence-electron chi connectivity index (χ2n) is 4.39. The summed E-state index contributed by atoms with van der Waals surface area (Å²) >= 11 is 0. The van der Waals surface area contributed by atoms with Crippen LogP contribution in [0.15, 0.2) is 10.6 Å². The van der Waals surface area contributed by atoms with E-state index in [0.717, 1.165) is 0 Å². The molecule has 1 aromatic rings. The Kier molecular flexibility index (Phi) is 5.02.